The molecule has 156 valence electrons. The fraction of sp³-hybridized carbons (Fsp3) is 0.154. The van der Waals surface area contributed by atoms with E-state index in [1.54, 1.807) is 6.07 Å². The number of para-hydroxylation sites is 1. The third-order valence-corrected chi connectivity index (χ3v) is 5.47. The molecule has 3 aromatic carbocycles. The molecule has 1 N–H and O–H groups in total. The molecule has 0 atom stereocenters. The molecule has 0 saturated heterocycles. The number of carbonyl (C=O) groups is 2. The molecule has 0 aromatic heterocycles. The first-order valence-electron chi connectivity index (χ1n) is 10.1. The van der Waals surface area contributed by atoms with Crippen molar-refractivity contribution in [3.8, 4) is 0 Å². The quantitative estimate of drug-likeness (QED) is 0.577. The number of anilines is 2. The highest BCUT2D eigenvalue weighted by molar-refractivity contribution is 6.46. The minimum absolute atomic E-state index is 0.0582. The average molecular weight is 414 g/mol. The van der Waals surface area contributed by atoms with E-state index in [1.807, 2.05) is 64.1 Å². The second kappa shape index (κ2) is 7.84. The zero-order valence-electron chi connectivity index (χ0n) is 17.9. The highest BCUT2D eigenvalue weighted by Gasteiger charge is 2.41. The molecule has 0 unspecified atom stereocenters. The van der Waals surface area contributed by atoms with Crippen molar-refractivity contribution in [3.05, 3.63) is 100.0 Å². The standard InChI is InChI=1S/C26H23FN2O2/c1-15-9-11-19(17(3)13-15)23-24(28-21-12-10-16(2)14-18(21)4)26(31)29(25(23)30)22-8-6-5-7-20(22)27/h5-14,28H,1-4H3. The molecule has 0 aliphatic carbocycles. The van der Waals surface area contributed by atoms with Gasteiger partial charge in [-0.2, -0.15) is 0 Å². The molecule has 0 bridgehead atoms. The molecule has 31 heavy (non-hydrogen) atoms. The van der Waals surface area contributed by atoms with E-state index in [2.05, 4.69) is 5.32 Å². The number of hydrogen-bond acceptors (Lipinski definition) is 3. The van der Waals surface area contributed by atoms with Crippen LogP contribution in [-0.4, -0.2) is 11.8 Å². The van der Waals surface area contributed by atoms with Gasteiger partial charge in [0.15, 0.2) is 0 Å². The highest BCUT2D eigenvalue weighted by atomic mass is 19.1. The molecule has 4 nitrogen and oxygen atoms in total. The normalized spacial score (nSPS) is 13.9. The van der Waals surface area contributed by atoms with Crippen LogP contribution in [0.3, 0.4) is 0 Å². The van der Waals surface area contributed by atoms with E-state index in [4.69, 9.17) is 0 Å². The number of hydrogen-bond donors (Lipinski definition) is 1. The zero-order chi connectivity index (χ0) is 22.3. The lowest BCUT2D eigenvalue weighted by molar-refractivity contribution is -0.120. The van der Waals surface area contributed by atoms with E-state index in [0.717, 1.165) is 32.8 Å². The second-order valence-electron chi connectivity index (χ2n) is 7.91. The van der Waals surface area contributed by atoms with E-state index in [0.29, 0.717) is 5.56 Å². The Morgan fingerprint density at radius 3 is 2.06 bits per heavy atom. The Morgan fingerprint density at radius 1 is 0.774 bits per heavy atom. The Kier molecular flexibility index (Phi) is 5.19. The van der Waals surface area contributed by atoms with Crippen LogP contribution in [0.1, 0.15) is 27.8 Å². The van der Waals surface area contributed by atoms with Crippen LogP contribution in [0.15, 0.2) is 66.4 Å². The molecular weight excluding hydrogens is 391 g/mol. The summed E-state index contributed by atoms with van der Waals surface area (Å²) in [7, 11) is 0. The smallest absolute Gasteiger partial charge is 0.282 e. The van der Waals surface area contributed by atoms with Gasteiger partial charge in [-0.05, 0) is 62.6 Å². The van der Waals surface area contributed by atoms with E-state index in [9.17, 15) is 14.0 Å². The van der Waals surface area contributed by atoms with Gasteiger partial charge in [0.1, 0.15) is 11.5 Å². The van der Waals surface area contributed by atoms with Gasteiger partial charge >= 0.3 is 0 Å². The number of aryl methyl sites for hydroxylation is 4. The van der Waals surface area contributed by atoms with Gasteiger partial charge in [0.05, 0.1) is 11.3 Å². The molecule has 0 fully saturated rings. The molecule has 2 amide bonds. The third-order valence-electron chi connectivity index (χ3n) is 5.47. The van der Waals surface area contributed by atoms with Gasteiger partial charge in [0.25, 0.3) is 11.8 Å². The molecule has 3 aromatic rings. The second-order valence-corrected chi connectivity index (χ2v) is 7.91. The van der Waals surface area contributed by atoms with Crippen LogP contribution >= 0.6 is 0 Å². The summed E-state index contributed by atoms with van der Waals surface area (Å²) in [5.41, 5.74) is 5.65. The highest BCUT2D eigenvalue weighted by Crippen LogP contribution is 2.36. The summed E-state index contributed by atoms with van der Waals surface area (Å²) in [6, 6.07) is 17.3. The fourth-order valence-electron chi connectivity index (χ4n) is 3.93. The van der Waals surface area contributed by atoms with Gasteiger partial charge in [-0.1, -0.05) is 53.6 Å². The minimum Gasteiger partial charge on any atom is -0.350 e. The topological polar surface area (TPSA) is 49.4 Å². The Hall–Kier alpha value is -3.73. The van der Waals surface area contributed by atoms with Crippen molar-refractivity contribution in [2.24, 2.45) is 0 Å². The van der Waals surface area contributed by atoms with Crippen molar-refractivity contribution in [2.75, 3.05) is 10.2 Å². The summed E-state index contributed by atoms with van der Waals surface area (Å²) in [5.74, 6) is -1.75. The fourth-order valence-corrected chi connectivity index (χ4v) is 3.93. The molecule has 0 spiro atoms. The summed E-state index contributed by atoms with van der Waals surface area (Å²) >= 11 is 0. The maximum Gasteiger partial charge on any atom is 0.282 e. The van der Waals surface area contributed by atoms with Crippen LogP contribution in [0.4, 0.5) is 15.8 Å². The van der Waals surface area contributed by atoms with Crippen molar-refractivity contribution >= 4 is 28.8 Å². The van der Waals surface area contributed by atoms with Crippen LogP contribution < -0.4 is 10.2 Å². The number of halogens is 1. The molecule has 1 aliphatic rings. The summed E-state index contributed by atoms with van der Waals surface area (Å²) < 4.78 is 14.5. The molecule has 1 heterocycles. The van der Waals surface area contributed by atoms with Gasteiger partial charge in [0.2, 0.25) is 0 Å². The summed E-state index contributed by atoms with van der Waals surface area (Å²) in [4.78, 5) is 27.8. The Bertz CT molecular complexity index is 1260. The van der Waals surface area contributed by atoms with Gasteiger partial charge in [0, 0.05) is 5.69 Å². The number of carbonyl (C=O) groups excluding carboxylic acids is 2. The molecule has 5 heteroatoms. The predicted molar refractivity (Wildman–Crippen MR) is 121 cm³/mol. The predicted octanol–water partition coefficient (Wildman–Crippen LogP) is 5.46. The number of imide groups is 1. The zero-order valence-corrected chi connectivity index (χ0v) is 17.9. The number of nitrogens with one attached hydrogen (secondary N) is 1. The van der Waals surface area contributed by atoms with Crippen molar-refractivity contribution < 1.29 is 14.0 Å². The average Bonchev–Trinajstić information content (AvgIpc) is 2.94. The lowest BCUT2D eigenvalue weighted by Gasteiger charge is -2.16. The number of amides is 2. The maximum atomic E-state index is 14.5. The first-order valence-corrected chi connectivity index (χ1v) is 10.1. The summed E-state index contributed by atoms with van der Waals surface area (Å²) in [6.07, 6.45) is 0. The molecule has 4 rings (SSSR count). The maximum absolute atomic E-state index is 14.5. The van der Waals surface area contributed by atoms with Crippen LogP contribution in [0.5, 0.6) is 0 Å². The number of benzene rings is 3. The minimum atomic E-state index is -0.628. The molecule has 1 aliphatic heterocycles. The van der Waals surface area contributed by atoms with E-state index >= 15 is 0 Å². The number of rotatable bonds is 4. The van der Waals surface area contributed by atoms with Crippen molar-refractivity contribution in [1.29, 1.82) is 0 Å². The van der Waals surface area contributed by atoms with E-state index in [1.165, 1.54) is 18.2 Å². The number of nitrogens with zero attached hydrogens (tertiary/aromatic N) is 1. The van der Waals surface area contributed by atoms with Crippen molar-refractivity contribution in [2.45, 2.75) is 27.7 Å². The van der Waals surface area contributed by atoms with Crippen LogP contribution in [0.25, 0.3) is 5.57 Å². The van der Waals surface area contributed by atoms with Crippen molar-refractivity contribution in [3.63, 3.8) is 0 Å². The Balaban J connectivity index is 1.89. The largest absolute Gasteiger partial charge is 0.350 e. The summed E-state index contributed by atoms with van der Waals surface area (Å²) in [6.45, 7) is 7.78. The third kappa shape index (κ3) is 3.63. The SMILES string of the molecule is Cc1ccc(NC2=C(c3ccc(C)cc3C)C(=O)N(c3ccccc3F)C2=O)c(C)c1. The van der Waals surface area contributed by atoms with Gasteiger partial charge in [-0.3, -0.25) is 9.59 Å². The lowest BCUT2D eigenvalue weighted by atomic mass is 9.97. The van der Waals surface area contributed by atoms with Crippen molar-refractivity contribution in [1.82, 2.24) is 0 Å². The monoisotopic (exact) mass is 414 g/mol. The van der Waals surface area contributed by atoms with Crippen LogP contribution in [0.2, 0.25) is 0 Å². The van der Waals surface area contributed by atoms with Gasteiger partial charge in [-0.25, -0.2) is 9.29 Å². The van der Waals surface area contributed by atoms with Gasteiger partial charge < -0.3 is 5.32 Å². The molecular formula is C26H23FN2O2. The first-order chi connectivity index (χ1) is 14.8. The lowest BCUT2D eigenvalue weighted by Crippen LogP contribution is -2.33. The van der Waals surface area contributed by atoms with E-state index in [-0.39, 0.29) is 17.0 Å². The Labute approximate surface area is 181 Å². The first kappa shape index (κ1) is 20.5. The summed E-state index contributed by atoms with van der Waals surface area (Å²) in [5, 5.41) is 3.17. The molecule has 0 saturated carbocycles. The van der Waals surface area contributed by atoms with Crippen LogP contribution in [-0.2, 0) is 9.59 Å². The molecule has 0 radical (unpaired) electrons. The van der Waals surface area contributed by atoms with E-state index < -0.39 is 17.6 Å². The van der Waals surface area contributed by atoms with Gasteiger partial charge in [-0.15, -0.1) is 0 Å². The Morgan fingerprint density at radius 2 is 1.42 bits per heavy atom. The van der Waals surface area contributed by atoms with Crippen LogP contribution in [0, 0.1) is 33.5 Å².